The summed E-state index contributed by atoms with van der Waals surface area (Å²) in [5, 5.41) is 4.31. The molecule has 0 bridgehead atoms. The van der Waals surface area contributed by atoms with E-state index in [0.29, 0.717) is 0 Å². The Morgan fingerprint density at radius 3 is 2.70 bits per heavy atom. The lowest BCUT2D eigenvalue weighted by atomic mass is 10.1. The van der Waals surface area contributed by atoms with Crippen LogP contribution in [0.15, 0.2) is 12.1 Å². The van der Waals surface area contributed by atoms with Crippen LogP contribution >= 0.6 is 11.3 Å². The molecular weight excluding hydrogens is 291 g/mol. The molecule has 0 aliphatic rings. The molecule has 1 aromatic heterocycles. The lowest BCUT2D eigenvalue weighted by Crippen LogP contribution is -2.36. The number of carbonyl (C=O) groups is 1. The quantitative estimate of drug-likeness (QED) is 0.890. The predicted octanol–water partition coefficient (Wildman–Crippen LogP) is 3.60. The average molecular weight is 303 g/mol. The van der Waals surface area contributed by atoms with Crippen molar-refractivity contribution in [3.8, 4) is 0 Å². The first kappa shape index (κ1) is 14.6. The lowest BCUT2D eigenvalue weighted by molar-refractivity contribution is -0.122. The first-order valence-electron chi connectivity index (χ1n) is 5.74. The number of alkyl halides is 3. The molecule has 0 radical (unpaired) electrons. The lowest BCUT2D eigenvalue weighted by Gasteiger charge is -2.07. The summed E-state index contributed by atoms with van der Waals surface area (Å²) in [6.07, 6.45) is -4.43. The van der Waals surface area contributed by atoms with Gasteiger partial charge in [0.25, 0.3) is 0 Å². The average Bonchev–Trinajstić information content (AvgIpc) is 2.68. The van der Waals surface area contributed by atoms with Crippen LogP contribution in [0.25, 0.3) is 10.2 Å². The van der Waals surface area contributed by atoms with Gasteiger partial charge in [-0.3, -0.25) is 5.32 Å². The summed E-state index contributed by atoms with van der Waals surface area (Å²) in [6.45, 7) is 2.46. The highest BCUT2D eigenvalue weighted by Gasteiger charge is 2.27. The Balaban J connectivity index is 2.10. The summed E-state index contributed by atoms with van der Waals surface area (Å²) in [5.41, 5.74) is 2.76. The van der Waals surface area contributed by atoms with E-state index < -0.39 is 18.8 Å². The predicted molar refractivity (Wildman–Crippen MR) is 72.2 cm³/mol. The molecule has 0 aliphatic carbocycles. The van der Waals surface area contributed by atoms with Gasteiger partial charge >= 0.3 is 12.2 Å². The highest BCUT2D eigenvalue weighted by atomic mass is 32.1. The second-order valence-corrected chi connectivity index (χ2v) is 5.40. The molecule has 1 aromatic carbocycles. The third-order valence-electron chi connectivity index (χ3n) is 2.50. The van der Waals surface area contributed by atoms with Crippen molar-refractivity contribution in [2.24, 2.45) is 0 Å². The third-order valence-corrected chi connectivity index (χ3v) is 3.42. The standard InChI is InChI=1S/C12H12F3N3OS/c1-6-3-7(2)9-8(4-6)20-11(17-9)18-10(19)16-5-12(13,14)15/h3-4H,5H2,1-2H3,(H2,16,17,18,19). The molecule has 0 unspecified atom stereocenters. The first-order valence-corrected chi connectivity index (χ1v) is 6.55. The number of rotatable bonds is 2. The number of urea groups is 1. The van der Waals surface area contributed by atoms with Crippen molar-refractivity contribution in [2.45, 2.75) is 20.0 Å². The summed E-state index contributed by atoms with van der Waals surface area (Å²) in [6, 6.07) is 2.95. The largest absolute Gasteiger partial charge is 0.405 e. The Kier molecular flexibility index (Phi) is 3.85. The van der Waals surface area contributed by atoms with E-state index in [9.17, 15) is 18.0 Å². The zero-order valence-electron chi connectivity index (χ0n) is 10.8. The van der Waals surface area contributed by atoms with Gasteiger partial charge in [-0.1, -0.05) is 17.4 Å². The van der Waals surface area contributed by atoms with Crippen LogP contribution in [0.4, 0.5) is 23.1 Å². The first-order chi connectivity index (χ1) is 9.24. The number of amides is 2. The minimum absolute atomic E-state index is 0.272. The third kappa shape index (κ3) is 3.60. The van der Waals surface area contributed by atoms with E-state index in [4.69, 9.17) is 0 Å². The molecule has 2 amide bonds. The van der Waals surface area contributed by atoms with E-state index in [1.165, 1.54) is 11.3 Å². The highest BCUT2D eigenvalue weighted by molar-refractivity contribution is 7.22. The van der Waals surface area contributed by atoms with Gasteiger partial charge in [0.05, 0.1) is 10.2 Å². The van der Waals surface area contributed by atoms with Crippen molar-refractivity contribution >= 4 is 32.7 Å². The Bertz CT molecular complexity index is 651. The SMILES string of the molecule is Cc1cc(C)c2nc(NC(=O)NCC(F)(F)F)sc2c1. The number of anilines is 1. The molecule has 0 saturated heterocycles. The number of aryl methyl sites for hydroxylation is 2. The molecule has 0 spiro atoms. The minimum Gasteiger partial charge on any atom is -0.329 e. The van der Waals surface area contributed by atoms with E-state index in [1.54, 1.807) is 5.32 Å². The number of carbonyl (C=O) groups excluding carboxylic acids is 1. The Morgan fingerprint density at radius 2 is 2.05 bits per heavy atom. The monoisotopic (exact) mass is 303 g/mol. The number of nitrogens with zero attached hydrogens (tertiary/aromatic N) is 1. The van der Waals surface area contributed by atoms with E-state index in [-0.39, 0.29) is 5.13 Å². The van der Waals surface area contributed by atoms with Gasteiger partial charge in [0.1, 0.15) is 6.54 Å². The smallest absolute Gasteiger partial charge is 0.329 e. The molecule has 0 saturated carbocycles. The number of thiazole rings is 1. The van der Waals surface area contributed by atoms with E-state index in [2.05, 4.69) is 10.3 Å². The number of nitrogens with one attached hydrogen (secondary N) is 2. The second kappa shape index (κ2) is 5.28. The minimum atomic E-state index is -4.43. The number of hydrogen-bond donors (Lipinski definition) is 2. The van der Waals surface area contributed by atoms with Gasteiger partial charge in [0, 0.05) is 0 Å². The molecule has 0 atom stereocenters. The summed E-state index contributed by atoms with van der Waals surface area (Å²) >= 11 is 1.22. The summed E-state index contributed by atoms with van der Waals surface area (Å²) in [4.78, 5) is 15.5. The molecule has 4 nitrogen and oxygen atoms in total. The van der Waals surface area contributed by atoms with Gasteiger partial charge in [-0.2, -0.15) is 13.2 Å². The molecule has 2 N–H and O–H groups in total. The molecule has 0 fully saturated rings. The fourth-order valence-electron chi connectivity index (χ4n) is 1.75. The maximum absolute atomic E-state index is 12.0. The Labute approximate surface area is 117 Å². The van der Waals surface area contributed by atoms with Gasteiger partial charge in [0.2, 0.25) is 0 Å². The van der Waals surface area contributed by atoms with E-state index in [0.717, 1.165) is 21.3 Å². The van der Waals surface area contributed by atoms with Crippen LogP contribution in [-0.2, 0) is 0 Å². The molecule has 8 heteroatoms. The van der Waals surface area contributed by atoms with Crippen molar-refractivity contribution in [1.82, 2.24) is 10.3 Å². The molecule has 0 aliphatic heterocycles. The van der Waals surface area contributed by atoms with Crippen LogP contribution in [0.1, 0.15) is 11.1 Å². The maximum atomic E-state index is 12.0. The summed E-state index contributed by atoms with van der Waals surface area (Å²) in [5.74, 6) is 0. The highest BCUT2D eigenvalue weighted by Crippen LogP contribution is 2.29. The van der Waals surface area contributed by atoms with Gasteiger partial charge in [0.15, 0.2) is 5.13 Å². The molecule has 20 heavy (non-hydrogen) atoms. The van der Waals surface area contributed by atoms with Gasteiger partial charge in [-0.05, 0) is 31.0 Å². The normalized spacial score (nSPS) is 11.7. The van der Waals surface area contributed by atoms with Crippen LogP contribution < -0.4 is 10.6 Å². The number of benzene rings is 1. The molecule has 1 heterocycles. The van der Waals surface area contributed by atoms with Crippen molar-refractivity contribution in [3.63, 3.8) is 0 Å². The van der Waals surface area contributed by atoms with Crippen molar-refractivity contribution in [1.29, 1.82) is 0 Å². The van der Waals surface area contributed by atoms with Crippen molar-refractivity contribution in [2.75, 3.05) is 11.9 Å². The zero-order chi connectivity index (χ0) is 14.9. The summed E-state index contributed by atoms with van der Waals surface area (Å²) < 4.78 is 36.8. The number of halogens is 3. The molecule has 108 valence electrons. The van der Waals surface area contributed by atoms with Crippen LogP contribution in [0.3, 0.4) is 0 Å². The zero-order valence-corrected chi connectivity index (χ0v) is 11.6. The maximum Gasteiger partial charge on any atom is 0.405 e. The van der Waals surface area contributed by atoms with Crippen molar-refractivity contribution in [3.05, 3.63) is 23.3 Å². The van der Waals surface area contributed by atoms with Crippen LogP contribution in [-0.4, -0.2) is 23.7 Å². The fraction of sp³-hybridized carbons (Fsp3) is 0.333. The van der Waals surface area contributed by atoms with E-state index in [1.807, 2.05) is 26.0 Å². The van der Waals surface area contributed by atoms with Gasteiger partial charge in [-0.15, -0.1) is 0 Å². The van der Waals surface area contributed by atoms with Crippen molar-refractivity contribution < 1.29 is 18.0 Å². The number of aromatic nitrogens is 1. The van der Waals surface area contributed by atoms with Gasteiger partial charge in [-0.25, -0.2) is 9.78 Å². The summed E-state index contributed by atoms with van der Waals surface area (Å²) in [7, 11) is 0. The van der Waals surface area contributed by atoms with Crippen LogP contribution in [0, 0.1) is 13.8 Å². The molecular formula is C12H12F3N3OS. The second-order valence-electron chi connectivity index (χ2n) is 4.37. The van der Waals surface area contributed by atoms with Crippen LogP contribution in [0.2, 0.25) is 0 Å². The molecule has 2 aromatic rings. The Hall–Kier alpha value is -1.83. The topological polar surface area (TPSA) is 54.0 Å². The number of fused-ring (bicyclic) bond motifs is 1. The van der Waals surface area contributed by atoms with E-state index >= 15 is 0 Å². The van der Waals surface area contributed by atoms with Gasteiger partial charge < -0.3 is 5.32 Å². The van der Waals surface area contributed by atoms with Crippen LogP contribution in [0.5, 0.6) is 0 Å². The fourth-order valence-corrected chi connectivity index (χ4v) is 2.78. The Morgan fingerprint density at radius 1 is 1.35 bits per heavy atom. The molecule has 2 rings (SSSR count). The number of hydrogen-bond acceptors (Lipinski definition) is 3.